The largest absolute Gasteiger partial charge is 0.486 e. The van der Waals surface area contributed by atoms with Crippen LogP contribution in [0.4, 0.5) is 0 Å². The third-order valence-corrected chi connectivity index (χ3v) is 9.09. The van der Waals surface area contributed by atoms with Crippen LogP contribution in [0.25, 0.3) is 22.4 Å². The van der Waals surface area contributed by atoms with Gasteiger partial charge in [0.1, 0.15) is 17.5 Å². The van der Waals surface area contributed by atoms with Crippen molar-refractivity contribution in [3.8, 4) is 17.3 Å². The van der Waals surface area contributed by atoms with Crippen LogP contribution in [0.2, 0.25) is 10.0 Å². The molecule has 1 atom stereocenters. The predicted octanol–water partition coefficient (Wildman–Crippen LogP) is 4.60. The quantitative estimate of drug-likeness (QED) is 0.385. The Bertz CT molecular complexity index is 1490. The molecule has 0 spiro atoms. The van der Waals surface area contributed by atoms with Crippen LogP contribution >= 0.6 is 23.2 Å². The molecule has 1 aliphatic carbocycles. The number of nitrogens with zero attached hydrogens (tertiary/aromatic N) is 4. The van der Waals surface area contributed by atoms with E-state index < -0.39 is 16.1 Å². The van der Waals surface area contributed by atoms with Crippen molar-refractivity contribution >= 4 is 44.1 Å². The van der Waals surface area contributed by atoms with Crippen molar-refractivity contribution in [3.63, 3.8) is 0 Å². The van der Waals surface area contributed by atoms with Crippen LogP contribution in [-0.2, 0) is 23.1 Å². The van der Waals surface area contributed by atoms with Crippen LogP contribution in [0.5, 0.6) is 5.75 Å². The molecule has 3 aromatic heterocycles. The number of halogens is 2. The summed E-state index contributed by atoms with van der Waals surface area (Å²) in [7, 11) is -3.24. The van der Waals surface area contributed by atoms with E-state index in [0.29, 0.717) is 39.4 Å². The monoisotopic (exact) mass is 518 g/mol. The van der Waals surface area contributed by atoms with E-state index in [2.05, 4.69) is 25.1 Å². The average Bonchev–Trinajstić information content (AvgIpc) is 3.29. The molecule has 4 aromatic rings. The molecule has 1 unspecified atom stereocenters. The molecular weight excluding hydrogens is 499 g/mol. The molecule has 2 N–H and O–H groups in total. The van der Waals surface area contributed by atoms with E-state index in [4.69, 9.17) is 27.9 Å². The van der Waals surface area contributed by atoms with Crippen LogP contribution in [0.1, 0.15) is 42.8 Å². The van der Waals surface area contributed by atoms with Gasteiger partial charge in [0.05, 0.1) is 45.3 Å². The van der Waals surface area contributed by atoms with Crippen molar-refractivity contribution in [2.75, 3.05) is 0 Å². The van der Waals surface area contributed by atoms with Crippen molar-refractivity contribution < 1.29 is 13.2 Å². The first-order valence-electron chi connectivity index (χ1n) is 10.8. The minimum atomic E-state index is -3.24. The smallest absolute Gasteiger partial charge is 0.217 e. The summed E-state index contributed by atoms with van der Waals surface area (Å²) in [5.41, 5.74) is 3.67. The molecule has 0 radical (unpaired) electrons. The summed E-state index contributed by atoms with van der Waals surface area (Å²) in [6, 6.07) is 5.60. The van der Waals surface area contributed by atoms with Gasteiger partial charge in [-0.3, -0.25) is 10.1 Å². The van der Waals surface area contributed by atoms with Crippen molar-refractivity contribution in [1.82, 2.24) is 29.5 Å². The van der Waals surface area contributed by atoms with Crippen molar-refractivity contribution in [2.45, 2.75) is 44.2 Å². The van der Waals surface area contributed by atoms with Crippen LogP contribution < -0.4 is 4.74 Å². The Labute approximate surface area is 205 Å². The highest BCUT2D eigenvalue weighted by atomic mass is 35.5. The predicted molar refractivity (Wildman–Crippen MR) is 128 cm³/mol. The van der Waals surface area contributed by atoms with Gasteiger partial charge in [-0.15, -0.1) is 0 Å². The standard InChI is InChI=1S/C22H20Cl2N6O3S/c1-11(20-15(23)7-25-8-16(20)24)33-12-2-5-17-14(6-12)21(29-28-17)22-26-18-9-30(10-19(18)27-22)34(31,32)13-3-4-13/h2,5-8,11,13H,3-4,9-10H2,1H3,(H,26,27)(H,28,29). The Morgan fingerprint density at radius 1 is 1.18 bits per heavy atom. The van der Waals surface area contributed by atoms with E-state index in [1.165, 1.54) is 16.7 Å². The van der Waals surface area contributed by atoms with E-state index in [-0.39, 0.29) is 11.8 Å². The maximum absolute atomic E-state index is 12.6. The molecule has 1 aromatic carbocycles. The van der Waals surface area contributed by atoms with Crippen LogP contribution in [0.3, 0.4) is 0 Å². The fraction of sp³-hybridized carbons (Fsp3) is 0.318. The second kappa shape index (κ2) is 7.94. The highest BCUT2D eigenvalue weighted by molar-refractivity contribution is 7.90. The number of sulfonamides is 1. The molecule has 1 fully saturated rings. The number of H-pyrrole nitrogens is 2. The Hall–Kier alpha value is -2.66. The van der Waals surface area contributed by atoms with Gasteiger partial charge in [-0.05, 0) is 38.0 Å². The molecule has 9 nitrogen and oxygen atoms in total. The van der Waals surface area contributed by atoms with E-state index in [9.17, 15) is 8.42 Å². The second-order valence-corrected chi connectivity index (χ2v) is 11.6. The summed E-state index contributed by atoms with van der Waals surface area (Å²) in [4.78, 5) is 11.9. The first kappa shape index (κ1) is 21.8. The average molecular weight is 519 g/mol. The van der Waals surface area contributed by atoms with Gasteiger partial charge >= 0.3 is 0 Å². The normalized spacial score (nSPS) is 17.3. The minimum absolute atomic E-state index is 0.232. The molecule has 176 valence electrons. The Kier molecular flexibility index (Phi) is 5.10. The number of pyridine rings is 1. The summed E-state index contributed by atoms with van der Waals surface area (Å²) < 4.78 is 32.7. The van der Waals surface area contributed by atoms with Gasteiger partial charge in [-0.2, -0.15) is 9.40 Å². The number of benzene rings is 1. The molecule has 0 bridgehead atoms. The molecule has 1 saturated carbocycles. The number of imidazole rings is 1. The number of fused-ring (bicyclic) bond motifs is 2. The van der Waals surface area contributed by atoms with Gasteiger partial charge in [-0.25, -0.2) is 13.4 Å². The summed E-state index contributed by atoms with van der Waals surface area (Å²) in [6.07, 6.45) is 4.16. The molecule has 0 saturated heterocycles. The lowest BCUT2D eigenvalue weighted by molar-refractivity contribution is 0.227. The van der Waals surface area contributed by atoms with Crippen molar-refractivity contribution in [3.05, 3.63) is 57.6 Å². The number of nitrogens with one attached hydrogen (secondary N) is 2. The molecule has 12 heteroatoms. The van der Waals surface area contributed by atoms with Gasteiger partial charge < -0.3 is 9.72 Å². The number of rotatable bonds is 6. The summed E-state index contributed by atoms with van der Waals surface area (Å²) in [5, 5.41) is 8.92. The molecule has 4 heterocycles. The SMILES string of the molecule is CC(Oc1ccc2[nH]nc(-c3nc4c([nH]3)CN(S(=O)(=O)C3CC3)C4)c2c1)c1c(Cl)cncc1Cl. The number of aromatic amines is 2. The molecular formula is C22H20Cl2N6O3S. The number of aromatic nitrogens is 5. The van der Waals surface area contributed by atoms with E-state index in [1.54, 1.807) is 0 Å². The minimum Gasteiger partial charge on any atom is -0.486 e. The van der Waals surface area contributed by atoms with E-state index >= 15 is 0 Å². The Balaban J connectivity index is 1.27. The topological polar surface area (TPSA) is 117 Å². The van der Waals surface area contributed by atoms with Crippen LogP contribution in [0.15, 0.2) is 30.6 Å². The van der Waals surface area contributed by atoms with Gasteiger partial charge in [0.2, 0.25) is 10.0 Å². The molecule has 6 rings (SSSR count). The van der Waals surface area contributed by atoms with E-state index in [1.807, 2.05) is 25.1 Å². The lowest BCUT2D eigenvalue weighted by Crippen LogP contribution is -2.29. The van der Waals surface area contributed by atoms with Crippen LogP contribution in [0, 0.1) is 0 Å². The van der Waals surface area contributed by atoms with Crippen LogP contribution in [-0.4, -0.2) is 43.1 Å². The number of ether oxygens (including phenoxy) is 1. The van der Waals surface area contributed by atoms with Gasteiger partial charge in [-0.1, -0.05) is 23.2 Å². The second-order valence-electron chi connectivity index (χ2n) is 8.58. The Morgan fingerprint density at radius 2 is 1.94 bits per heavy atom. The fourth-order valence-electron chi connectivity index (χ4n) is 4.29. The highest BCUT2D eigenvalue weighted by Crippen LogP contribution is 2.37. The molecule has 34 heavy (non-hydrogen) atoms. The maximum atomic E-state index is 12.6. The first-order chi connectivity index (χ1) is 16.3. The lowest BCUT2D eigenvalue weighted by Gasteiger charge is -2.17. The zero-order valence-corrected chi connectivity index (χ0v) is 20.4. The number of hydrogen-bond acceptors (Lipinski definition) is 6. The zero-order valence-electron chi connectivity index (χ0n) is 18.0. The zero-order chi connectivity index (χ0) is 23.6. The molecule has 2 aliphatic rings. The summed E-state index contributed by atoms with van der Waals surface area (Å²) in [5.74, 6) is 1.21. The van der Waals surface area contributed by atoms with Crippen molar-refractivity contribution in [2.24, 2.45) is 0 Å². The van der Waals surface area contributed by atoms with E-state index in [0.717, 1.165) is 35.1 Å². The summed E-state index contributed by atoms with van der Waals surface area (Å²) in [6.45, 7) is 2.46. The molecule has 1 aliphatic heterocycles. The van der Waals surface area contributed by atoms with Crippen molar-refractivity contribution in [1.29, 1.82) is 0 Å². The lowest BCUT2D eigenvalue weighted by atomic mass is 10.1. The fourth-order valence-corrected chi connectivity index (χ4v) is 6.73. The third kappa shape index (κ3) is 3.65. The van der Waals surface area contributed by atoms with Gasteiger partial charge in [0.15, 0.2) is 5.82 Å². The van der Waals surface area contributed by atoms with Gasteiger partial charge in [0.25, 0.3) is 0 Å². The molecule has 0 amide bonds. The maximum Gasteiger partial charge on any atom is 0.217 e. The number of hydrogen-bond donors (Lipinski definition) is 2. The highest BCUT2D eigenvalue weighted by Gasteiger charge is 2.43. The Morgan fingerprint density at radius 3 is 2.65 bits per heavy atom. The third-order valence-electron chi connectivity index (χ3n) is 6.20. The van der Waals surface area contributed by atoms with Gasteiger partial charge in [0, 0.05) is 23.3 Å². The summed E-state index contributed by atoms with van der Waals surface area (Å²) >= 11 is 12.5. The first-order valence-corrected chi connectivity index (χ1v) is 13.1.